The van der Waals surface area contributed by atoms with E-state index in [-0.39, 0.29) is 18.3 Å². The van der Waals surface area contributed by atoms with Gasteiger partial charge in [-0.05, 0) is 34.6 Å². The second-order valence-corrected chi connectivity index (χ2v) is 5.49. The van der Waals surface area contributed by atoms with Gasteiger partial charge in [-0.3, -0.25) is 4.68 Å². The highest BCUT2D eigenvalue weighted by Gasteiger charge is 2.52. The quantitative estimate of drug-likeness (QED) is 0.581. The summed E-state index contributed by atoms with van der Waals surface area (Å²) >= 11 is 0. The Morgan fingerprint density at radius 3 is 2.44 bits per heavy atom. The van der Waals surface area contributed by atoms with Crippen LogP contribution in [0.1, 0.15) is 34.6 Å². The van der Waals surface area contributed by atoms with Crippen molar-refractivity contribution in [3.05, 3.63) is 12.4 Å². The molecule has 1 fully saturated rings. The van der Waals surface area contributed by atoms with Crippen LogP contribution < -0.4 is 5.46 Å². The predicted molar refractivity (Wildman–Crippen MR) is 71.4 cm³/mol. The summed E-state index contributed by atoms with van der Waals surface area (Å²) in [6.45, 7) is 10.6. The van der Waals surface area contributed by atoms with Crippen LogP contribution >= 0.6 is 0 Å². The molecule has 1 aliphatic rings. The van der Waals surface area contributed by atoms with E-state index in [2.05, 4.69) is 16.9 Å². The van der Waals surface area contributed by atoms with Gasteiger partial charge in [0.15, 0.2) is 0 Å². The van der Waals surface area contributed by atoms with Crippen molar-refractivity contribution >= 4 is 12.6 Å². The third kappa shape index (κ3) is 2.31. The molecule has 0 spiro atoms. The van der Waals surface area contributed by atoms with Crippen molar-refractivity contribution in [2.24, 2.45) is 0 Å². The average Bonchev–Trinajstić information content (AvgIpc) is 2.80. The summed E-state index contributed by atoms with van der Waals surface area (Å²) in [5.74, 6) is 5.82. The van der Waals surface area contributed by atoms with Gasteiger partial charge >= 0.3 is 7.12 Å². The Morgan fingerprint density at radius 2 is 1.89 bits per heavy atom. The zero-order chi connectivity index (χ0) is 13.4. The van der Waals surface area contributed by atoms with Gasteiger partial charge in [0, 0.05) is 17.9 Å². The van der Waals surface area contributed by atoms with E-state index in [0.717, 1.165) is 5.46 Å². The second kappa shape index (κ2) is 4.45. The Hall–Kier alpha value is -1.25. The van der Waals surface area contributed by atoms with E-state index in [4.69, 9.17) is 9.31 Å². The third-order valence-electron chi connectivity index (χ3n) is 3.60. The van der Waals surface area contributed by atoms with Crippen LogP contribution in [-0.2, 0) is 15.9 Å². The first kappa shape index (κ1) is 13.2. The zero-order valence-electron chi connectivity index (χ0n) is 11.7. The Morgan fingerprint density at radius 1 is 1.28 bits per heavy atom. The van der Waals surface area contributed by atoms with E-state index in [1.165, 1.54) is 0 Å². The molecule has 2 rings (SSSR count). The van der Waals surface area contributed by atoms with Gasteiger partial charge in [0.2, 0.25) is 0 Å². The Bertz CT molecular complexity index is 481. The fourth-order valence-electron chi connectivity index (χ4n) is 1.73. The maximum atomic E-state index is 5.96. The molecule has 0 amide bonds. The van der Waals surface area contributed by atoms with Gasteiger partial charge in [0.1, 0.15) is 6.54 Å². The number of aromatic nitrogens is 2. The van der Waals surface area contributed by atoms with Crippen molar-refractivity contribution in [1.29, 1.82) is 0 Å². The molecule has 0 aromatic carbocycles. The van der Waals surface area contributed by atoms with Crippen molar-refractivity contribution in [1.82, 2.24) is 9.78 Å². The van der Waals surface area contributed by atoms with Crippen LogP contribution in [0.5, 0.6) is 0 Å². The fraction of sp³-hybridized carbons (Fsp3) is 0.615. The van der Waals surface area contributed by atoms with Gasteiger partial charge in [-0.1, -0.05) is 5.92 Å². The normalized spacial score (nSPS) is 20.6. The van der Waals surface area contributed by atoms with E-state index >= 15 is 0 Å². The molecule has 4 nitrogen and oxygen atoms in total. The van der Waals surface area contributed by atoms with Crippen molar-refractivity contribution < 1.29 is 9.31 Å². The molecule has 5 heteroatoms. The van der Waals surface area contributed by atoms with Crippen molar-refractivity contribution in [3.8, 4) is 11.8 Å². The molecule has 1 aromatic heterocycles. The minimum Gasteiger partial charge on any atom is -0.399 e. The van der Waals surface area contributed by atoms with Crippen LogP contribution in [0.3, 0.4) is 0 Å². The molecule has 1 saturated heterocycles. The minimum absolute atomic E-state index is 0.316. The zero-order valence-corrected chi connectivity index (χ0v) is 11.7. The molecular weight excluding hydrogens is 227 g/mol. The van der Waals surface area contributed by atoms with Gasteiger partial charge in [-0.25, -0.2) is 0 Å². The summed E-state index contributed by atoms with van der Waals surface area (Å²) in [6.07, 6.45) is 3.70. The Kier molecular flexibility index (Phi) is 3.26. The van der Waals surface area contributed by atoms with Crippen molar-refractivity contribution in [2.75, 3.05) is 0 Å². The lowest BCUT2D eigenvalue weighted by Gasteiger charge is -2.32. The second-order valence-electron chi connectivity index (χ2n) is 5.49. The predicted octanol–water partition coefficient (Wildman–Crippen LogP) is 1.21. The minimum atomic E-state index is -0.349. The molecule has 2 heterocycles. The summed E-state index contributed by atoms with van der Waals surface area (Å²) in [5.41, 5.74) is 0.304. The monoisotopic (exact) mass is 246 g/mol. The van der Waals surface area contributed by atoms with E-state index in [1.54, 1.807) is 10.9 Å². The lowest BCUT2D eigenvalue weighted by atomic mass is 9.82. The number of hydrogen-bond acceptors (Lipinski definition) is 3. The Balaban J connectivity index is 2.14. The summed E-state index contributed by atoms with van der Waals surface area (Å²) in [5, 5.41) is 4.25. The SMILES string of the molecule is CC#CCn1cc(B2OC(C)(C)C(C)(C)O2)cn1. The molecule has 96 valence electrons. The van der Waals surface area contributed by atoms with Crippen LogP contribution in [0.25, 0.3) is 0 Å². The largest absolute Gasteiger partial charge is 0.498 e. The summed E-state index contributed by atoms with van der Waals surface area (Å²) < 4.78 is 13.7. The first-order valence-corrected chi connectivity index (χ1v) is 6.13. The fourth-order valence-corrected chi connectivity index (χ4v) is 1.73. The van der Waals surface area contributed by atoms with Gasteiger partial charge in [0.25, 0.3) is 0 Å². The van der Waals surface area contributed by atoms with Gasteiger partial charge < -0.3 is 9.31 Å². The third-order valence-corrected chi connectivity index (χ3v) is 3.60. The van der Waals surface area contributed by atoms with Crippen LogP contribution in [0.15, 0.2) is 12.4 Å². The molecule has 0 atom stereocenters. The van der Waals surface area contributed by atoms with Gasteiger partial charge in [-0.15, -0.1) is 5.92 Å². The standard InChI is InChI=1S/C13H19BN2O2/c1-6-7-8-16-10-11(9-15-16)14-17-12(2,3)13(4,5)18-14/h9-10H,8H2,1-5H3. The molecule has 0 N–H and O–H groups in total. The smallest absolute Gasteiger partial charge is 0.399 e. The van der Waals surface area contributed by atoms with Gasteiger partial charge in [-0.2, -0.15) is 5.10 Å². The summed E-state index contributed by atoms with van der Waals surface area (Å²) in [7, 11) is -0.349. The van der Waals surface area contributed by atoms with E-state index < -0.39 is 0 Å². The maximum Gasteiger partial charge on any atom is 0.498 e. The van der Waals surface area contributed by atoms with Crippen molar-refractivity contribution in [2.45, 2.75) is 52.4 Å². The molecule has 0 saturated carbocycles. The summed E-state index contributed by atoms with van der Waals surface area (Å²) in [4.78, 5) is 0. The van der Waals surface area contributed by atoms with Crippen LogP contribution in [0, 0.1) is 11.8 Å². The molecular formula is C13H19BN2O2. The number of hydrogen-bond donors (Lipinski definition) is 0. The highest BCUT2D eigenvalue weighted by Crippen LogP contribution is 2.36. The Labute approximate surface area is 109 Å². The first-order chi connectivity index (χ1) is 8.36. The molecule has 0 bridgehead atoms. The number of nitrogens with zero attached hydrogens (tertiary/aromatic N) is 2. The lowest BCUT2D eigenvalue weighted by molar-refractivity contribution is 0.00578. The topological polar surface area (TPSA) is 36.3 Å². The first-order valence-electron chi connectivity index (χ1n) is 6.13. The highest BCUT2D eigenvalue weighted by molar-refractivity contribution is 6.61. The maximum absolute atomic E-state index is 5.96. The molecule has 1 aliphatic heterocycles. The molecule has 0 unspecified atom stereocenters. The number of rotatable bonds is 2. The summed E-state index contributed by atoms with van der Waals surface area (Å²) in [6, 6.07) is 0. The molecule has 1 aromatic rings. The van der Waals surface area contributed by atoms with Crippen LogP contribution in [0.2, 0.25) is 0 Å². The van der Waals surface area contributed by atoms with E-state index in [9.17, 15) is 0 Å². The van der Waals surface area contributed by atoms with Gasteiger partial charge in [0.05, 0.1) is 11.2 Å². The van der Waals surface area contributed by atoms with Crippen molar-refractivity contribution in [3.63, 3.8) is 0 Å². The van der Waals surface area contributed by atoms with Crippen LogP contribution in [-0.4, -0.2) is 28.1 Å². The molecule has 0 radical (unpaired) electrons. The highest BCUT2D eigenvalue weighted by atomic mass is 16.7. The van der Waals surface area contributed by atoms with Crippen LogP contribution in [0.4, 0.5) is 0 Å². The molecule has 18 heavy (non-hydrogen) atoms. The van der Waals surface area contributed by atoms with E-state index in [0.29, 0.717) is 6.54 Å². The lowest BCUT2D eigenvalue weighted by Crippen LogP contribution is -2.41. The van der Waals surface area contributed by atoms with E-state index in [1.807, 2.05) is 40.8 Å². The molecule has 0 aliphatic carbocycles. The average molecular weight is 246 g/mol.